The molecular formula is C19H14F3N3O3. The van der Waals surface area contributed by atoms with Crippen LogP contribution in [0.15, 0.2) is 42.5 Å². The highest BCUT2D eigenvalue weighted by Crippen LogP contribution is 2.38. The van der Waals surface area contributed by atoms with E-state index in [1.54, 1.807) is 25.1 Å². The molecule has 1 amide bonds. The number of halogens is 3. The molecule has 28 heavy (non-hydrogen) atoms. The fraction of sp³-hybridized carbons (Fsp3) is 0.158. The Morgan fingerprint density at radius 1 is 1.11 bits per heavy atom. The molecule has 2 heterocycles. The molecule has 0 saturated carbocycles. The summed E-state index contributed by atoms with van der Waals surface area (Å²) in [6, 6.07) is 9.26. The van der Waals surface area contributed by atoms with Crippen molar-refractivity contribution < 1.29 is 27.4 Å². The van der Waals surface area contributed by atoms with Crippen molar-refractivity contribution in [1.82, 2.24) is 10.2 Å². The number of aryl methyl sites for hydroxylation is 1. The van der Waals surface area contributed by atoms with Crippen molar-refractivity contribution in [2.24, 2.45) is 0 Å². The van der Waals surface area contributed by atoms with Crippen LogP contribution >= 0.6 is 0 Å². The van der Waals surface area contributed by atoms with E-state index in [-0.39, 0.29) is 12.4 Å². The molecule has 1 aliphatic heterocycles. The summed E-state index contributed by atoms with van der Waals surface area (Å²) in [5, 5.41) is 9.74. The molecule has 6 nitrogen and oxygen atoms in total. The van der Waals surface area contributed by atoms with Gasteiger partial charge in [-0.3, -0.25) is 9.89 Å². The summed E-state index contributed by atoms with van der Waals surface area (Å²) in [4.78, 5) is 12.5. The molecule has 0 unspecified atom stereocenters. The first-order valence-corrected chi connectivity index (χ1v) is 8.26. The molecule has 144 valence electrons. The lowest BCUT2D eigenvalue weighted by Crippen LogP contribution is -2.13. The number of hydrogen-bond donors (Lipinski definition) is 2. The van der Waals surface area contributed by atoms with E-state index in [1.165, 1.54) is 0 Å². The van der Waals surface area contributed by atoms with E-state index in [4.69, 9.17) is 9.47 Å². The summed E-state index contributed by atoms with van der Waals surface area (Å²) in [6.45, 7) is 1.86. The van der Waals surface area contributed by atoms with Crippen molar-refractivity contribution >= 4 is 11.6 Å². The van der Waals surface area contributed by atoms with Gasteiger partial charge in [-0.1, -0.05) is 0 Å². The minimum Gasteiger partial charge on any atom is -0.454 e. The van der Waals surface area contributed by atoms with Gasteiger partial charge in [-0.25, -0.2) is 0 Å². The number of carbonyl (C=O) groups excluding carboxylic acids is 1. The minimum absolute atomic E-state index is 0.102. The summed E-state index contributed by atoms with van der Waals surface area (Å²) >= 11 is 0. The number of aromatic amines is 1. The molecule has 3 aromatic rings. The van der Waals surface area contributed by atoms with Crippen LogP contribution in [0.2, 0.25) is 0 Å². The zero-order valence-corrected chi connectivity index (χ0v) is 14.6. The number of ether oxygens (including phenoxy) is 2. The SMILES string of the molecule is Cc1[nH]nc(-c2ccc3c(c2)OCO3)c1NC(=O)c1ccc(C(F)(F)F)cc1. The first kappa shape index (κ1) is 17.9. The highest BCUT2D eigenvalue weighted by molar-refractivity contribution is 6.06. The highest BCUT2D eigenvalue weighted by Gasteiger charge is 2.30. The van der Waals surface area contributed by atoms with Crippen molar-refractivity contribution in [3.05, 3.63) is 59.3 Å². The molecule has 0 spiro atoms. The van der Waals surface area contributed by atoms with Crippen LogP contribution in [0.1, 0.15) is 21.6 Å². The number of alkyl halides is 3. The quantitative estimate of drug-likeness (QED) is 0.697. The van der Waals surface area contributed by atoms with Gasteiger partial charge in [-0.15, -0.1) is 0 Å². The normalized spacial score (nSPS) is 12.9. The third-order valence-corrected chi connectivity index (χ3v) is 4.31. The Hall–Kier alpha value is -3.49. The van der Waals surface area contributed by atoms with Crippen LogP contribution in [-0.4, -0.2) is 22.9 Å². The van der Waals surface area contributed by atoms with Gasteiger partial charge in [0, 0.05) is 11.1 Å². The molecular weight excluding hydrogens is 375 g/mol. The van der Waals surface area contributed by atoms with E-state index in [0.29, 0.717) is 34.1 Å². The number of rotatable bonds is 3. The van der Waals surface area contributed by atoms with Crippen LogP contribution < -0.4 is 14.8 Å². The molecule has 1 aromatic heterocycles. The van der Waals surface area contributed by atoms with E-state index < -0.39 is 17.6 Å². The number of hydrogen-bond acceptors (Lipinski definition) is 4. The second kappa shape index (κ2) is 6.59. The number of nitrogens with zero attached hydrogens (tertiary/aromatic N) is 1. The Balaban J connectivity index is 1.60. The molecule has 2 N–H and O–H groups in total. The number of amides is 1. The Morgan fingerprint density at radius 2 is 1.82 bits per heavy atom. The number of carbonyl (C=O) groups is 1. The topological polar surface area (TPSA) is 76.2 Å². The maximum Gasteiger partial charge on any atom is 0.416 e. The smallest absolute Gasteiger partial charge is 0.416 e. The number of aromatic nitrogens is 2. The van der Waals surface area contributed by atoms with Crippen LogP contribution in [-0.2, 0) is 6.18 Å². The van der Waals surface area contributed by atoms with Gasteiger partial charge < -0.3 is 14.8 Å². The summed E-state index contributed by atoms with van der Waals surface area (Å²) in [6.07, 6.45) is -4.46. The first-order chi connectivity index (χ1) is 13.3. The van der Waals surface area contributed by atoms with E-state index in [2.05, 4.69) is 15.5 Å². The van der Waals surface area contributed by atoms with Crippen molar-refractivity contribution in [3.8, 4) is 22.8 Å². The van der Waals surface area contributed by atoms with E-state index in [0.717, 1.165) is 24.3 Å². The zero-order valence-electron chi connectivity index (χ0n) is 14.6. The van der Waals surface area contributed by atoms with Crippen molar-refractivity contribution in [2.45, 2.75) is 13.1 Å². The number of benzene rings is 2. The predicted octanol–water partition coefficient (Wildman–Crippen LogP) is 4.38. The van der Waals surface area contributed by atoms with Crippen LogP contribution in [0.25, 0.3) is 11.3 Å². The van der Waals surface area contributed by atoms with Gasteiger partial charge in [0.15, 0.2) is 11.5 Å². The van der Waals surface area contributed by atoms with Crippen molar-refractivity contribution in [1.29, 1.82) is 0 Å². The molecule has 4 rings (SSSR count). The molecule has 2 aromatic carbocycles. The second-order valence-electron chi connectivity index (χ2n) is 6.17. The van der Waals surface area contributed by atoms with Gasteiger partial charge in [0.1, 0.15) is 5.69 Å². The summed E-state index contributed by atoms with van der Waals surface area (Å²) in [5.41, 5.74) is 1.50. The van der Waals surface area contributed by atoms with Gasteiger partial charge in [-0.05, 0) is 49.4 Å². The predicted molar refractivity (Wildman–Crippen MR) is 94.3 cm³/mol. The van der Waals surface area contributed by atoms with E-state index >= 15 is 0 Å². The zero-order chi connectivity index (χ0) is 19.9. The van der Waals surface area contributed by atoms with Crippen molar-refractivity contribution in [2.75, 3.05) is 12.1 Å². The summed E-state index contributed by atoms with van der Waals surface area (Å²) in [7, 11) is 0. The van der Waals surface area contributed by atoms with Crippen LogP contribution in [0.5, 0.6) is 11.5 Å². The first-order valence-electron chi connectivity index (χ1n) is 8.26. The third-order valence-electron chi connectivity index (χ3n) is 4.31. The Morgan fingerprint density at radius 3 is 2.54 bits per heavy atom. The molecule has 0 radical (unpaired) electrons. The van der Waals surface area contributed by atoms with Gasteiger partial charge in [-0.2, -0.15) is 18.3 Å². The molecule has 0 fully saturated rings. The van der Waals surface area contributed by atoms with E-state index in [1.807, 2.05) is 0 Å². The molecule has 9 heteroatoms. The van der Waals surface area contributed by atoms with Crippen molar-refractivity contribution in [3.63, 3.8) is 0 Å². The highest BCUT2D eigenvalue weighted by atomic mass is 19.4. The lowest BCUT2D eigenvalue weighted by atomic mass is 10.1. The summed E-state index contributed by atoms with van der Waals surface area (Å²) < 4.78 is 48.7. The molecule has 0 bridgehead atoms. The number of anilines is 1. The number of fused-ring (bicyclic) bond motifs is 1. The lowest BCUT2D eigenvalue weighted by Gasteiger charge is -2.09. The molecule has 1 aliphatic rings. The Kier molecular flexibility index (Phi) is 4.21. The lowest BCUT2D eigenvalue weighted by molar-refractivity contribution is -0.137. The maximum atomic E-state index is 12.7. The number of nitrogens with one attached hydrogen (secondary N) is 2. The Bertz CT molecular complexity index is 1040. The minimum atomic E-state index is -4.46. The van der Waals surface area contributed by atoms with Gasteiger partial charge in [0.25, 0.3) is 5.91 Å². The van der Waals surface area contributed by atoms with E-state index in [9.17, 15) is 18.0 Å². The Labute approximate surface area is 157 Å². The fourth-order valence-electron chi connectivity index (χ4n) is 2.83. The average molecular weight is 389 g/mol. The molecule has 0 saturated heterocycles. The van der Waals surface area contributed by atoms with Crippen LogP contribution in [0, 0.1) is 6.92 Å². The number of H-pyrrole nitrogens is 1. The average Bonchev–Trinajstić information content (AvgIpc) is 3.27. The monoisotopic (exact) mass is 389 g/mol. The van der Waals surface area contributed by atoms with Crippen LogP contribution in [0.4, 0.5) is 18.9 Å². The molecule has 0 atom stereocenters. The standard InChI is InChI=1S/C19H14F3N3O3/c1-10-16(23-18(26)11-2-5-13(6-3-11)19(20,21)22)17(25-24-10)12-4-7-14-15(8-12)28-9-27-14/h2-8H,9H2,1H3,(H,23,26)(H,24,25). The second-order valence-corrected chi connectivity index (χ2v) is 6.17. The fourth-order valence-corrected chi connectivity index (χ4v) is 2.83. The maximum absolute atomic E-state index is 12.7. The summed E-state index contributed by atoms with van der Waals surface area (Å²) in [5.74, 6) is 0.643. The van der Waals surface area contributed by atoms with Gasteiger partial charge in [0.2, 0.25) is 6.79 Å². The third kappa shape index (κ3) is 3.26. The van der Waals surface area contributed by atoms with Gasteiger partial charge in [0.05, 0.1) is 16.9 Å². The van der Waals surface area contributed by atoms with Crippen LogP contribution in [0.3, 0.4) is 0 Å². The molecule has 0 aliphatic carbocycles. The largest absolute Gasteiger partial charge is 0.454 e. The van der Waals surface area contributed by atoms with Gasteiger partial charge >= 0.3 is 6.18 Å².